The number of nitrogens with one attached hydrogen (secondary N) is 2. The Morgan fingerprint density at radius 3 is 2.55 bits per heavy atom. The molecule has 0 aliphatic carbocycles. The van der Waals surface area contributed by atoms with Crippen LogP contribution in [0.2, 0.25) is 0 Å². The van der Waals surface area contributed by atoms with Gasteiger partial charge in [0.25, 0.3) is 0 Å². The molecule has 8 heteroatoms. The Labute approximate surface area is 116 Å². The molecular formula is C12H18N4O4. The number of carbonyl (C=O) groups excluding carboxylic acids is 2. The van der Waals surface area contributed by atoms with E-state index in [1.165, 1.54) is 38.0 Å². The summed E-state index contributed by atoms with van der Waals surface area (Å²) in [6, 6.07) is 0. The van der Waals surface area contributed by atoms with Gasteiger partial charge in [-0.1, -0.05) is 0 Å². The number of anilines is 1. The van der Waals surface area contributed by atoms with Crippen LogP contribution in [0.4, 0.5) is 5.69 Å². The smallest absolute Gasteiger partial charge is 0.309 e. The number of hydrogen-bond acceptors (Lipinski definition) is 4. The number of aliphatic carboxylic acids is 1. The highest BCUT2D eigenvalue weighted by Gasteiger charge is 2.30. The third kappa shape index (κ3) is 4.38. The van der Waals surface area contributed by atoms with E-state index in [-0.39, 0.29) is 18.9 Å². The van der Waals surface area contributed by atoms with Gasteiger partial charge < -0.3 is 15.7 Å². The zero-order valence-electron chi connectivity index (χ0n) is 11.6. The van der Waals surface area contributed by atoms with Crippen molar-refractivity contribution in [3.63, 3.8) is 0 Å². The Morgan fingerprint density at radius 1 is 1.35 bits per heavy atom. The number of nitrogens with zero attached hydrogens (tertiary/aromatic N) is 2. The van der Waals surface area contributed by atoms with Crippen LogP contribution in [0.3, 0.4) is 0 Å². The molecule has 0 saturated heterocycles. The Balaban J connectivity index is 2.59. The lowest BCUT2D eigenvalue weighted by Crippen LogP contribution is -2.29. The third-order valence-electron chi connectivity index (χ3n) is 2.68. The van der Waals surface area contributed by atoms with Crippen molar-refractivity contribution in [2.75, 3.05) is 12.4 Å². The summed E-state index contributed by atoms with van der Waals surface area (Å²) in [5, 5.41) is 17.9. The van der Waals surface area contributed by atoms with Gasteiger partial charge in [-0.05, 0) is 13.8 Å². The molecule has 8 nitrogen and oxygen atoms in total. The highest BCUT2D eigenvalue weighted by atomic mass is 16.4. The van der Waals surface area contributed by atoms with Crippen LogP contribution in [0.5, 0.6) is 0 Å². The van der Waals surface area contributed by atoms with Gasteiger partial charge in [0.2, 0.25) is 11.8 Å². The molecule has 1 heterocycles. The lowest BCUT2D eigenvalue weighted by molar-refractivity contribution is -0.149. The van der Waals surface area contributed by atoms with Crippen LogP contribution in [-0.4, -0.2) is 39.7 Å². The maximum atomic E-state index is 11.7. The SMILES string of the molecule is CNC(=O)Cn1cc(NC(=O)CC(C)(C)C(=O)O)cn1. The first-order chi connectivity index (χ1) is 9.24. The Bertz CT molecular complexity index is 521. The van der Waals surface area contributed by atoms with Crippen molar-refractivity contribution >= 4 is 23.5 Å². The zero-order valence-corrected chi connectivity index (χ0v) is 11.6. The average molecular weight is 282 g/mol. The molecule has 0 saturated carbocycles. The van der Waals surface area contributed by atoms with Crippen LogP contribution >= 0.6 is 0 Å². The number of carboxylic acids is 1. The molecule has 0 unspecified atom stereocenters. The number of aromatic nitrogens is 2. The summed E-state index contributed by atoms with van der Waals surface area (Å²) in [7, 11) is 1.52. The van der Waals surface area contributed by atoms with E-state index in [0.717, 1.165) is 0 Å². The van der Waals surface area contributed by atoms with Crippen molar-refractivity contribution in [2.24, 2.45) is 5.41 Å². The van der Waals surface area contributed by atoms with Crippen LogP contribution < -0.4 is 10.6 Å². The number of carbonyl (C=O) groups is 3. The molecule has 0 aliphatic rings. The van der Waals surface area contributed by atoms with E-state index in [0.29, 0.717) is 5.69 Å². The summed E-state index contributed by atoms with van der Waals surface area (Å²) in [5.74, 6) is -1.67. The summed E-state index contributed by atoms with van der Waals surface area (Å²) in [6.45, 7) is 3.00. The minimum Gasteiger partial charge on any atom is -0.481 e. The number of hydrogen-bond donors (Lipinski definition) is 3. The van der Waals surface area contributed by atoms with Gasteiger partial charge in [0.15, 0.2) is 0 Å². The summed E-state index contributed by atoms with van der Waals surface area (Å²) in [5.41, 5.74) is -0.720. The van der Waals surface area contributed by atoms with E-state index in [1.54, 1.807) is 0 Å². The molecule has 0 spiro atoms. The van der Waals surface area contributed by atoms with Crippen LogP contribution in [0.25, 0.3) is 0 Å². The van der Waals surface area contributed by atoms with E-state index in [4.69, 9.17) is 5.11 Å². The third-order valence-corrected chi connectivity index (χ3v) is 2.68. The molecule has 3 N–H and O–H groups in total. The second-order valence-electron chi connectivity index (χ2n) is 5.01. The van der Waals surface area contributed by atoms with Crippen LogP contribution in [0, 0.1) is 5.41 Å². The van der Waals surface area contributed by atoms with Gasteiger partial charge in [0.1, 0.15) is 6.54 Å². The monoisotopic (exact) mass is 282 g/mol. The van der Waals surface area contributed by atoms with Crippen molar-refractivity contribution in [2.45, 2.75) is 26.8 Å². The van der Waals surface area contributed by atoms with Crippen molar-refractivity contribution < 1.29 is 19.5 Å². The minimum atomic E-state index is -1.14. The van der Waals surface area contributed by atoms with Crippen LogP contribution in [0.1, 0.15) is 20.3 Å². The molecule has 2 amide bonds. The van der Waals surface area contributed by atoms with Gasteiger partial charge in [-0.2, -0.15) is 5.10 Å². The molecule has 1 aromatic rings. The van der Waals surface area contributed by atoms with E-state index < -0.39 is 17.3 Å². The van der Waals surface area contributed by atoms with Gasteiger partial charge >= 0.3 is 5.97 Å². The Hall–Kier alpha value is -2.38. The highest BCUT2D eigenvalue weighted by molar-refractivity contribution is 5.93. The molecule has 0 bridgehead atoms. The first-order valence-electron chi connectivity index (χ1n) is 6.01. The summed E-state index contributed by atoms with van der Waals surface area (Å²) in [6.07, 6.45) is 2.75. The largest absolute Gasteiger partial charge is 0.481 e. The molecule has 0 atom stereocenters. The first-order valence-corrected chi connectivity index (χ1v) is 6.01. The summed E-state index contributed by atoms with van der Waals surface area (Å²) in [4.78, 5) is 33.8. The second kappa shape index (κ2) is 6.18. The van der Waals surface area contributed by atoms with Crippen molar-refractivity contribution in [3.05, 3.63) is 12.4 Å². The molecule has 20 heavy (non-hydrogen) atoms. The molecular weight excluding hydrogens is 264 g/mol. The second-order valence-corrected chi connectivity index (χ2v) is 5.01. The lowest BCUT2D eigenvalue weighted by Gasteiger charge is -2.17. The fourth-order valence-electron chi connectivity index (χ4n) is 1.42. The molecule has 1 rings (SSSR count). The fourth-order valence-corrected chi connectivity index (χ4v) is 1.42. The average Bonchev–Trinajstić information content (AvgIpc) is 2.75. The van der Waals surface area contributed by atoms with E-state index in [1.807, 2.05) is 0 Å². The number of carboxylic acid groups (broad SMARTS) is 1. The van der Waals surface area contributed by atoms with E-state index in [9.17, 15) is 14.4 Å². The summed E-state index contributed by atoms with van der Waals surface area (Å²) >= 11 is 0. The zero-order chi connectivity index (χ0) is 15.3. The van der Waals surface area contributed by atoms with Crippen molar-refractivity contribution in [3.8, 4) is 0 Å². The normalized spacial score (nSPS) is 10.9. The topological polar surface area (TPSA) is 113 Å². The summed E-state index contributed by atoms with van der Waals surface area (Å²) < 4.78 is 1.37. The predicted octanol–water partition coefficient (Wildman–Crippen LogP) is 0.0685. The fraction of sp³-hybridized carbons (Fsp3) is 0.500. The van der Waals surface area contributed by atoms with Gasteiger partial charge in [-0.25, -0.2) is 0 Å². The van der Waals surface area contributed by atoms with Gasteiger partial charge in [-0.15, -0.1) is 0 Å². The van der Waals surface area contributed by atoms with Crippen LogP contribution in [-0.2, 0) is 20.9 Å². The maximum absolute atomic E-state index is 11.7. The van der Waals surface area contributed by atoms with Crippen molar-refractivity contribution in [1.82, 2.24) is 15.1 Å². The van der Waals surface area contributed by atoms with E-state index in [2.05, 4.69) is 15.7 Å². The lowest BCUT2D eigenvalue weighted by atomic mass is 9.89. The molecule has 0 aromatic carbocycles. The number of rotatable bonds is 6. The maximum Gasteiger partial charge on any atom is 0.309 e. The molecule has 1 aromatic heterocycles. The molecule has 110 valence electrons. The van der Waals surface area contributed by atoms with Crippen LogP contribution in [0.15, 0.2) is 12.4 Å². The highest BCUT2D eigenvalue weighted by Crippen LogP contribution is 2.21. The Kier molecular flexibility index (Phi) is 4.84. The van der Waals surface area contributed by atoms with Crippen molar-refractivity contribution in [1.29, 1.82) is 0 Å². The number of amides is 2. The van der Waals surface area contributed by atoms with Gasteiger partial charge in [0, 0.05) is 19.7 Å². The Morgan fingerprint density at radius 2 is 2.00 bits per heavy atom. The molecule has 0 radical (unpaired) electrons. The predicted molar refractivity (Wildman–Crippen MR) is 71.0 cm³/mol. The van der Waals surface area contributed by atoms with Gasteiger partial charge in [-0.3, -0.25) is 19.1 Å². The number of likely N-dealkylation sites (N-methyl/N-ethyl adjacent to an activating group) is 1. The molecule has 0 aliphatic heterocycles. The van der Waals surface area contributed by atoms with Gasteiger partial charge in [0.05, 0.1) is 17.3 Å². The molecule has 0 fully saturated rings. The standard InChI is InChI=1S/C12H18N4O4/c1-12(2,11(19)20)4-9(17)15-8-5-14-16(6-8)7-10(18)13-3/h5-6H,4,7H2,1-3H3,(H,13,18)(H,15,17)(H,19,20). The minimum absolute atomic E-state index is 0.0486. The first kappa shape index (κ1) is 15.7. The van der Waals surface area contributed by atoms with E-state index >= 15 is 0 Å². The quantitative estimate of drug-likeness (QED) is 0.683.